The number of carbonyl (C=O) groups is 1. The molecule has 0 radical (unpaired) electrons. The number of ether oxygens (including phenoxy) is 2. The molecule has 0 aliphatic carbocycles. The number of methoxy groups -OCH3 is 2. The third kappa shape index (κ3) is 4.34. The van der Waals surface area contributed by atoms with E-state index in [1.807, 2.05) is 52.2 Å². The van der Waals surface area contributed by atoms with E-state index in [1.165, 1.54) is 4.88 Å². The van der Waals surface area contributed by atoms with E-state index < -0.39 is 0 Å². The van der Waals surface area contributed by atoms with Gasteiger partial charge in [0.15, 0.2) is 0 Å². The van der Waals surface area contributed by atoms with Crippen LogP contribution in [0.4, 0.5) is 0 Å². The van der Waals surface area contributed by atoms with E-state index in [4.69, 9.17) is 9.47 Å². The molecule has 3 heterocycles. The fourth-order valence-corrected chi connectivity index (χ4v) is 5.14. The van der Waals surface area contributed by atoms with Crippen molar-refractivity contribution >= 4 is 17.2 Å². The molecule has 7 heteroatoms. The first kappa shape index (κ1) is 21.5. The number of piperazine rings is 1. The first-order chi connectivity index (χ1) is 15.0. The fourth-order valence-electron chi connectivity index (χ4n) is 4.03. The molecule has 31 heavy (non-hydrogen) atoms. The van der Waals surface area contributed by atoms with Crippen LogP contribution in [0.25, 0.3) is 5.00 Å². The van der Waals surface area contributed by atoms with Crippen LogP contribution in [0, 0.1) is 13.8 Å². The second-order valence-corrected chi connectivity index (χ2v) is 9.00. The van der Waals surface area contributed by atoms with Crippen molar-refractivity contribution in [2.24, 2.45) is 0 Å². The lowest BCUT2D eigenvalue weighted by Gasteiger charge is -2.35. The lowest BCUT2D eigenvalue weighted by molar-refractivity contribution is 0.0627. The quantitative estimate of drug-likeness (QED) is 0.579. The van der Waals surface area contributed by atoms with Crippen LogP contribution in [0.2, 0.25) is 0 Å². The van der Waals surface area contributed by atoms with E-state index in [-0.39, 0.29) is 5.91 Å². The molecule has 1 fully saturated rings. The summed E-state index contributed by atoms with van der Waals surface area (Å²) in [5.41, 5.74) is 3.02. The highest BCUT2D eigenvalue weighted by Gasteiger charge is 2.28. The van der Waals surface area contributed by atoms with Crippen molar-refractivity contribution in [1.82, 2.24) is 14.4 Å². The van der Waals surface area contributed by atoms with Gasteiger partial charge >= 0.3 is 0 Å². The molecule has 3 aromatic rings. The molecule has 0 unspecified atom stereocenters. The third-order valence-corrected chi connectivity index (χ3v) is 7.18. The van der Waals surface area contributed by atoms with Crippen LogP contribution in [0.1, 0.15) is 26.4 Å². The maximum Gasteiger partial charge on any atom is 0.257 e. The summed E-state index contributed by atoms with van der Waals surface area (Å²) in [5.74, 6) is 1.81. The van der Waals surface area contributed by atoms with Crippen LogP contribution < -0.4 is 9.47 Å². The standard InChI is InChI=1S/C24H29N3O3S/c1-17-18(2)31-24(27-9-5-6-10-27)22(17)23(28)26-13-11-25(12-14-26)16-19-15-20(29-3)7-8-21(19)30-4/h5-10,15H,11-14,16H2,1-4H3. The first-order valence-electron chi connectivity index (χ1n) is 10.5. The minimum Gasteiger partial charge on any atom is -0.497 e. The fraction of sp³-hybridized carbons (Fsp3) is 0.375. The summed E-state index contributed by atoms with van der Waals surface area (Å²) in [6, 6.07) is 9.86. The number of thiophene rings is 1. The average molecular weight is 440 g/mol. The molecule has 164 valence electrons. The lowest BCUT2D eigenvalue weighted by Crippen LogP contribution is -2.48. The molecule has 6 nitrogen and oxygen atoms in total. The van der Waals surface area contributed by atoms with Gasteiger partial charge < -0.3 is 18.9 Å². The Morgan fingerprint density at radius 3 is 2.39 bits per heavy atom. The lowest BCUT2D eigenvalue weighted by atomic mass is 10.1. The van der Waals surface area contributed by atoms with Gasteiger partial charge in [-0.1, -0.05) is 0 Å². The number of amides is 1. The monoisotopic (exact) mass is 439 g/mol. The van der Waals surface area contributed by atoms with Gasteiger partial charge in [-0.3, -0.25) is 9.69 Å². The Balaban J connectivity index is 1.46. The SMILES string of the molecule is COc1ccc(OC)c(CN2CCN(C(=O)c3c(-n4cccc4)sc(C)c3C)CC2)c1. The Morgan fingerprint density at radius 2 is 1.74 bits per heavy atom. The Kier molecular flexibility index (Phi) is 6.34. The summed E-state index contributed by atoms with van der Waals surface area (Å²) in [6.45, 7) is 7.99. The van der Waals surface area contributed by atoms with Crippen molar-refractivity contribution in [3.05, 3.63) is 64.3 Å². The third-order valence-electron chi connectivity index (χ3n) is 5.96. The maximum absolute atomic E-state index is 13.5. The number of nitrogens with zero attached hydrogens (tertiary/aromatic N) is 3. The molecule has 1 aliphatic rings. The molecule has 2 aromatic heterocycles. The van der Waals surface area contributed by atoms with E-state index >= 15 is 0 Å². The Labute approximate surface area is 187 Å². The van der Waals surface area contributed by atoms with E-state index in [0.29, 0.717) is 13.1 Å². The number of aromatic nitrogens is 1. The summed E-state index contributed by atoms with van der Waals surface area (Å²) < 4.78 is 12.9. The molecule has 0 bridgehead atoms. The predicted octanol–water partition coefficient (Wildman–Crippen LogP) is 4.13. The number of rotatable bonds is 6. The van der Waals surface area contributed by atoms with Crippen molar-refractivity contribution in [3.8, 4) is 16.5 Å². The van der Waals surface area contributed by atoms with Crippen LogP contribution in [-0.2, 0) is 6.54 Å². The van der Waals surface area contributed by atoms with Crippen LogP contribution in [0.15, 0.2) is 42.7 Å². The Morgan fingerprint density at radius 1 is 1.03 bits per heavy atom. The zero-order valence-corrected chi connectivity index (χ0v) is 19.4. The van der Waals surface area contributed by atoms with Crippen molar-refractivity contribution in [2.45, 2.75) is 20.4 Å². The highest BCUT2D eigenvalue weighted by atomic mass is 32.1. The number of hydrogen-bond acceptors (Lipinski definition) is 5. The maximum atomic E-state index is 13.5. The predicted molar refractivity (Wildman–Crippen MR) is 124 cm³/mol. The van der Waals surface area contributed by atoms with E-state index in [1.54, 1.807) is 25.6 Å². The summed E-state index contributed by atoms with van der Waals surface area (Å²) in [4.78, 5) is 19.0. The first-order valence-corrected chi connectivity index (χ1v) is 11.3. The van der Waals surface area contributed by atoms with Gasteiger partial charge in [-0.2, -0.15) is 0 Å². The van der Waals surface area contributed by atoms with E-state index in [9.17, 15) is 4.79 Å². The van der Waals surface area contributed by atoms with Crippen LogP contribution in [0.5, 0.6) is 11.5 Å². The molecule has 0 spiro atoms. The number of hydrogen-bond donors (Lipinski definition) is 0. The van der Waals surface area contributed by atoms with Gasteiger partial charge in [0.1, 0.15) is 16.5 Å². The molecular weight excluding hydrogens is 410 g/mol. The summed E-state index contributed by atoms with van der Waals surface area (Å²) in [5, 5.41) is 1.01. The van der Waals surface area contributed by atoms with E-state index in [2.05, 4.69) is 18.7 Å². The zero-order chi connectivity index (χ0) is 22.0. The minimum atomic E-state index is 0.129. The van der Waals surface area contributed by atoms with Gasteiger partial charge in [-0.15, -0.1) is 11.3 Å². The molecule has 0 N–H and O–H groups in total. The molecule has 0 atom stereocenters. The van der Waals surface area contributed by atoms with Gasteiger partial charge in [-0.25, -0.2) is 0 Å². The van der Waals surface area contributed by atoms with Gasteiger partial charge in [0.2, 0.25) is 0 Å². The van der Waals surface area contributed by atoms with Crippen molar-refractivity contribution in [1.29, 1.82) is 0 Å². The molecule has 1 saturated heterocycles. The van der Waals surface area contributed by atoms with Crippen molar-refractivity contribution < 1.29 is 14.3 Å². The van der Waals surface area contributed by atoms with Crippen LogP contribution >= 0.6 is 11.3 Å². The largest absolute Gasteiger partial charge is 0.497 e. The molecule has 4 rings (SSSR count). The number of carbonyl (C=O) groups excluding carboxylic acids is 1. The number of benzene rings is 1. The normalized spacial score (nSPS) is 14.6. The summed E-state index contributed by atoms with van der Waals surface area (Å²) in [7, 11) is 3.36. The average Bonchev–Trinajstić information content (AvgIpc) is 3.42. The molecule has 0 saturated carbocycles. The highest BCUT2D eigenvalue weighted by Crippen LogP contribution is 2.32. The van der Waals surface area contributed by atoms with Crippen molar-refractivity contribution in [2.75, 3.05) is 40.4 Å². The second kappa shape index (κ2) is 9.16. The number of aryl methyl sites for hydroxylation is 1. The van der Waals surface area contributed by atoms with Gasteiger partial charge in [-0.05, 0) is 49.7 Å². The van der Waals surface area contributed by atoms with Crippen LogP contribution in [-0.4, -0.2) is 60.7 Å². The molecular formula is C24H29N3O3S. The molecule has 1 amide bonds. The summed E-state index contributed by atoms with van der Waals surface area (Å²) >= 11 is 1.68. The van der Waals surface area contributed by atoms with Gasteiger partial charge in [0, 0.05) is 55.6 Å². The Bertz CT molecular complexity index is 1050. The molecule has 1 aliphatic heterocycles. The highest BCUT2D eigenvalue weighted by molar-refractivity contribution is 7.15. The zero-order valence-electron chi connectivity index (χ0n) is 18.6. The smallest absolute Gasteiger partial charge is 0.257 e. The minimum absolute atomic E-state index is 0.129. The second-order valence-electron chi connectivity index (χ2n) is 7.80. The van der Waals surface area contributed by atoms with Gasteiger partial charge in [0.25, 0.3) is 5.91 Å². The summed E-state index contributed by atoms with van der Waals surface area (Å²) in [6.07, 6.45) is 4.00. The van der Waals surface area contributed by atoms with Crippen molar-refractivity contribution in [3.63, 3.8) is 0 Å². The Hall–Kier alpha value is -2.77. The van der Waals surface area contributed by atoms with E-state index in [0.717, 1.165) is 52.8 Å². The van der Waals surface area contributed by atoms with Crippen LogP contribution in [0.3, 0.4) is 0 Å². The van der Waals surface area contributed by atoms with Gasteiger partial charge in [0.05, 0.1) is 19.8 Å². The molecule has 1 aromatic carbocycles. The topological polar surface area (TPSA) is 46.9 Å².